The van der Waals surface area contributed by atoms with Crippen LogP contribution in [0.15, 0.2) is 53.4 Å². The van der Waals surface area contributed by atoms with Crippen LogP contribution in [-0.4, -0.2) is 19.0 Å². The number of ether oxygens (including phenoxy) is 2. The van der Waals surface area contributed by atoms with Crippen molar-refractivity contribution in [1.29, 1.82) is 0 Å². The Bertz CT molecular complexity index is 596. The lowest BCUT2D eigenvalue weighted by Gasteiger charge is -2.08. The number of benzene rings is 2. The number of carbonyl (C=O) groups is 1. The lowest BCUT2D eigenvalue weighted by atomic mass is 10.2. The average Bonchev–Trinajstić information content (AvgIpc) is 2.50. The van der Waals surface area contributed by atoms with Crippen molar-refractivity contribution in [3.8, 4) is 5.75 Å². The molecule has 110 valence electrons. The Labute approximate surface area is 129 Å². The first kappa shape index (κ1) is 15.4. The number of thioether (sulfide) groups is 1. The van der Waals surface area contributed by atoms with Crippen molar-refractivity contribution in [2.45, 2.75) is 18.2 Å². The van der Waals surface area contributed by atoms with Crippen LogP contribution in [0.4, 0.5) is 4.79 Å². The third-order valence-corrected chi connectivity index (χ3v) is 4.18. The van der Waals surface area contributed by atoms with Crippen LogP contribution in [0, 0.1) is 6.92 Å². The number of carbonyl (C=O) groups excluding carboxylic acids is 1. The van der Waals surface area contributed by atoms with E-state index in [9.17, 15) is 4.79 Å². The summed E-state index contributed by atoms with van der Waals surface area (Å²) in [6.45, 7) is 2.01. The van der Waals surface area contributed by atoms with Crippen molar-refractivity contribution in [2.75, 3.05) is 12.9 Å². The van der Waals surface area contributed by atoms with Gasteiger partial charge < -0.3 is 9.47 Å². The molecule has 0 fully saturated rings. The summed E-state index contributed by atoms with van der Waals surface area (Å²) in [7, 11) is 1.29. The highest BCUT2D eigenvalue weighted by atomic mass is 32.2. The van der Waals surface area contributed by atoms with Gasteiger partial charge in [0.15, 0.2) is 0 Å². The summed E-state index contributed by atoms with van der Waals surface area (Å²) in [5.41, 5.74) is 2.43. The smallest absolute Gasteiger partial charge is 0.437 e. The van der Waals surface area contributed by atoms with Gasteiger partial charge in [-0.1, -0.05) is 30.3 Å². The van der Waals surface area contributed by atoms with Gasteiger partial charge >= 0.3 is 6.16 Å². The van der Waals surface area contributed by atoms with E-state index >= 15 is 0 Å². The first-order chi connectivity index (χ1) is 10.2. The SMILES string of the molecule is COC(=O)Oc1ccc(SCCc2ccccc2)c(C)c1. The molecule has 0 unspecified atom stereocenters. The van der Waals surface area contributed by atoms with Crippen LogP contribution in [0.25, 0.3) is 0 Å². The highest BCUT2D eigenvalue weighted by Crippen LogP contribution is 2.27. The third-order valence-electron chi connectivity index (χ3n) is 3.01. The van der Waals surface area contributed by atoms with Gasteiger partial charge in [0, 0.05) is 10.6 Å². The molecule has 3 nitrogen and oxygen atoms in total. The Morgan fingerprint density at radius 3 is 2.57 bits per heavy atom. The molecule has 0 N–H and O–H groups in total. The maximum atomic E-state index is 11.1. The highest BCUT2D eigenvalue weighted by Gasteiger charge is 2.06. The van der Waals surface area contributed by atoms with E-state index in [1.165, 1.54) is 17.6 Å². The van der Waals surface area contributed by atoms with E-state index in [0.29, 0.717) is 5.75 Å². The van der Waals surface area contributed by atoms with E-state index in [1.807, 2.05) is 25.1 Å². The van der Waals surface area contributed by atoms with E-state index < -0.39 is 6.16 Å². The Balaban J connectivity index is 1.90. The maximum absolute atomic E-state index is 11.1. The topological polar surface area (TPSA) is 35.5 Å². The molecule has 0 aliphatic rings. The molecule has 0 saturated heterocycles. The molecule has 0 aromatic heterocycles. The van der Waals surface area contributed by atoms with Gasteiger partial charge in [-0.25, -0.2) is 4.79 Å². The molecule has 0 radical (unpaired) electrons. The first-order valence-electron chi connectivity index (χ1n) is 6.72. The molecule has 0 amide bonds. The van der Waals surface area contributed by atoms with Crippen LogP contribution in [0.3, 0.4) is 0 Å². The van der Waals surface area contributed by atoms with Gasteiger partial charge in [0.2, 0.25) is 0 Å². The van der Waals surface area contributed by atoms with Crippen LogP contribution >= 0.6 is 11.8 Å². The van der Waals surface area contributed by atoms with Crippen molar-refractivity contribution in [2.24, 2.45) is 0 Å². The van der Waals surface area contributed by atoms with Crippen LogP contribution in [0.1, 0.15) is 11.1 Å². The van der Waals surface area contributed by atoms with E-state index in [0.717, 1.165) is 17.7 Å². The summed E-state index contributed by atoms with van der Waals surface area (Å²) in [6.07, 6.45) is 0.338. The summed E-state index contributed by atoms with van der Waals surface area (Å²) in [5, 5.41) is 0. The zero-order valence-electron chi connectivity index (χ0n) is 12.2. The minimum Gasteiger partial charge on any atom is -0.437 e. The predicted octanol–water partition coefficient (Wildman–Crippen LogP) is 4.48. The molecule has 2 aromatic carbocycles. The molecular formula is C17H18O3S. The molecule has 0 aliphatic heterocycles. The van der Waals surface area contributed by atoms with E-state index in [4.69, 9.17) is 4.74 Å². The zero-order valence-corrected chi connectivity index (χ0v) is 13.0. The molecule has 0 saturated carbocycles. The Kier molecular flexibility index (Phi) is 5.69. The second-order valence-corrected chi connectivity index (χ2v) is 5.70. The Morgan fingerprint density at radius 2 is 1.90 bits per heavy atom. The van der Waals surface area contributed by atoms with Crippen molar-refractivity contribution in [1.82, 2.24) is 0 Å². The first-order valence-corrected chi connectivity index (χ1v) is 7.71. The van der Waals surface area contributed by atoms with E-state index in [1.54, 1.807) is 17.8 Å². The monoisotopic (exact) mass is 302 g/mol. The molecule has 2 aromatic rings. The number of hydrogen-bond acceptors (Lipinski definition) is 4. The largest absolute Gasteiger partial charge is 0.513 e. The van der Waals surface area contributed by atoms with Crippen LogP contribution in [0.2, 0.25) is 0 Å². The molecule has 4 heteroatoms. The fourth-order valence-electron chi connectivity index (χ4n) is 1.91. The molecule has 0 aliphatic carbocycles. The number of rotatable bonds is 5. The second kappa shape index (κ2) is 7.74. The minimum atomic E-state index is -0.695. The number of methoxy groups -OCH3 is 1. The van der Waals surface area contributed by atoms with Gasteiger partial charge in [-0.15, -0.1) is 11.8 Å². The Morgan fingerprint density at radius 1 is 1.14 bits per heavy atom. The van der Waals surface area contributed by atoms with Crippen LogP contribution in [-0.2, 0) is 11.2 Å². The van der Waals surface area contributed by atoms with Gasteiger partial charge in [-0.05, 0) is 42.7 Å². The molecule has 0 bridgehead atoms. The van der Waals surface area contributed by atoms with Gasteiger partial charge in [-0.2, -0.15) is 0 Å². The molecule has 0 heterocycles. The predicted molar refractivity (Wildman–Crippen MR) is 85.1 cm³/mol. The standard InChI is InChI=1S/C17H18O3S/c1-13-12-15(20-17(18)19-2)8-9-16(13)21-11-10-14-6-4-3-5-7-14/h3-9,12H,10-11H2,1-2H3. The zero-order chi connectivity index (χ0) is 15.1. The van der Waals surface area contributed by atoms with E-state index in [2.05, 4.69) is 29.0 Å². The normalized spacial score (nSPS) is 10.2. The lowest BCUT2D eigenvalue weighted by Crippen LogP contribution is -2.07. The minimum absolute atomic E-state index is 0.506. The summed E-state index contributed by atoms with van der Waals surface area (Å²) < 4.78 is 9.47. The summed E-state index contributed by atoms with van der Waals surface area (Å²) in [6, 6.07) is 16.0. The molecule has 2 rings (SSSR count). The summed E-state index contributed by atoms with van der Waals surface area (Å²) in [4.78, 5) is 12.3. The fourth-order valence-corrected chi connectivity index (χ4v) is 2.92. The second-order valence-electron chi connectivity index (χ2n) is 4.57. The molecule has 0 atom stereocenters. The third kappa shape index (κ3) is 4.83. The van der Waals surface area contributed by atoms with Crippen molar-refractivity contribution in [3.05, 3.63) is 59.7 Å². The van der Waals surface area contributed by atoms with Crippen molar-refractivity contribution < 1.29 is 14.3 Å². The number of aryl methyl sites for hydroxylation is 2. The van der Waals surface area contributed by atoms with Crippen LogP contribution < -0.4 is 4.74 Å². The van der Waals surface area contributed by atoms with Crippen molar-refractivity contribution >= 4 is 17.9 Å². The van der Waals surface area contributed by atoms with Gasteiger partial charge in [0.05, 0.1) is 7.11 Å². The summed E-state index contributed by atoms with van der Waals surface area (Å²) in [5.74, 6) is 1.52. The number of hydrogen-bond donors (Lipinski definition) is 0. The van der Waals surface area contributed by atoms with E-state index in [-0.39, 0.29) is 0 Å². The highest BCUT2D eigenvalue weighted by molar-refractivity contribution is 7.99. The fraction of sp³-hybridized carbons (Fsp3) is 0.235. The molecular weight excluding hydrogens is 284 g/mol. The van der Waals surface area contributed by atoms with Gasteiger partial charge in [0.1, 0.15) is 5.75 Å². The average molecular weight is 302 g/mol. The Hall–Kier alpha value is -1.94. The summed E-state index contributed by atoms with van der Waals surface area (Å²) >= 11 is 1.80. The van der Waals surface area contributed by atoms with Crippen molar-refractivity contribution in [3.63, 3.8) is 0 Å². The van der Waals surface area contributed by atoms with Gasteiger partial charge in [-0.3, -0.25) is 0 Å². The molecule has 21 heavy (non-hydrogen) atoms. The lowest BCUT2D eigenvalue weighted by molar-refractivity contribution is 0.121. The quantitative estimate of drug-likeness (QED) is 0.463. The maximum Gasteiger partial charge on any atom is 0.513 e. The van der Waals surface area contributed by atoms with Gasteiger partial charge in [0.25, 0.3) is 0 Å². The van der Waals surface area contributed by atoms with Crippen LogP contribution in [0.5, 0.6) is 5.75 Å². The molecule has 0 spiro atoms.